The number of piperidine rings is 1. The summed E-state index contributed by atoms with van der Waals surface area (Å²) >= 11 is 0. The van der Waals surface area contributed by atoms with E-state index in [-0.39, 0.29) is 17.4 Å². The van der Waals surface area contributed by atoms with E-state index < -0.39 is 0 Å². The van der Waals surface area contributed by atoms with Gasteiger partial charge in [0.1, 0.15) is 17.9 Å². The standard InChI is InChI=1S/C20H26N4O3/c1-15-3-2-6-24-18(25)13-17(21-19(15)24)14-22-7-4-16(5-8-22)20(26)23-9-11-27-12-10-23/h2-3,6,13,16H,4-5,7-12,14H2,1H3/p+1. The molecule has 7 nitrogen and oxygen atoms in total. The van der Waals surface area contributed by atoms with E-state index in [1.54, 1.807) is 16.7 Å². The molecule has 2 saturated heterocycles. The third-order valence-corrected chi connectivity index (χ3v) is 5.74. The van der Waals surface area contributed by atoms with Crippen LogP contribution >= 0.6 is 0 Å². The molecule has 0 atom stereocenters. The summed E-state index contributed by atoms with van der Waals surface area (Å²) in [6, 6.07) is 5.48. The Hall–Kier alpha value is -2.25. The van der Waals surface area contributed by atoms with E-state index in [0.717, 1.165) is 62.5 Å². The van der Waals surface area contributed by atoms with Crippen LogP contribution < -0.4 is 10.5 Å². The number of hydrogen-bond donors (Lipinski definition) is 1. The molecule has 1 amide bonds. The van der Waals surface area contributed by atoms with E-state index in [0.29, 0.717) is 13.2 Å². The summed E-state index contributed by atoms with van der Waals surface area (Å²) in [6.07, 6.45) is 3.56. The van der Waals surface area contributed by atoms with Gasteiger partial charge in [-0.05, 0) is 18.6 Å². The van der Waals surface area contributed by atoms with Crippen LogP contribution in [0.1, 0.15) is 24.1 Å². The highest BCUT2D eigenvalue weighted by molar-refractivity contribution is 5.79. The molecule has 2 aromatic heterocycles. The highest BCUT2D eigenvalue weighted by atomic mass is 16.5. The van der Waals surface area contributed by atoms with Crippen LogP contribution in [0.25, 0.3) is 5.65 Å². The van der Waals surface area contributed by atoms with Gasteiger partial charge in [0, 0.05) is 44.1 Å². The average molecular weight is 371 g/mol. The van der Waals surface area contributed by atoms with Crippen molar-refractivity contribution in [3.8, 4) is 0 Å². The zero-order valence-corrected chi connectivity index (χ0v) is 15.8. The van der Waals surface area contributed by atoms with Crippen LogP contribution in [0.4, 0.5) is 0 Å². The number of amides is 1. The Kier molecular flexibility index (Phi) is 5.22. The maximum absolute atomic E-state index is 12.7. The van der Waals surface area contributed by atoms with Gasteiger partial charge in [0.05, 0.1) is 26.3 Å². The lowest BCUT2D eigenvalue weighted by Gasteiger charge is -2.33. The van der Waals surface area contributed by atoms with Gasteiger partial charge in [-0.3, -0.25) is 14.0 Å². The molecule has 0 aromatic carbocycles. The maximum atomic E-state index is 12.7. The number of morpholine rings is 1. The Morgan fingerprint density at radius 2 is 2.04 bits per heavy atom. The van der Waals surface area contributed by atoms with Crippen LogP contribution in [-0.4, -0.2) is 59.6 Å². The largest absolute Gasteiger partial charge is 0.378 e. The Labute approximate surface area is 158 Å². The van der Waals surface area contributed by atoms with Gasteiger partial charge in [0.2, 0.25) is 5.91 Å². The number of quaternary nitrogens is 1. The van der Waals surface area contributed by atoms with Crippen LogP contribution in [-0.2, 0) is 16.1 Å². The van der Waals surface area contributed by atoms with Crippen molar-refractivity contribution in [2.75, 3.05) is 39.4 Å². The monoisotopic (exact) mass is 371 g/mol. The van der Waals surface area contributed by atoms with E-state index in [4.69, 9.17) is 9.72 Å². The lowest BCUT2D eigenvalue weighted by atomic mass is 9.95. The first-order chi connectivity index (χ1) is 13.1. The van der Waals surface area contributed by atoms with Crippen molar-refractivity contribution in [2.45, 2.75) is 26.3 Å². The fraction of sp³-hybridized carbons (Fsp3) is 0.550. The Balaban J connectivity index is 1.39. The molecule has 27 heavy (non-hydrogen) atoms. The Bertz CT molecular complexity index is 880. The molecule has 2 aliphatic heterocycles. The van der Waals surface area contributed by atoms with E-state index >= 15 is 0 Å². The van der Waals surface area contributed by atoms with E-state index in [9.17, 15) is 9.59 Å². The zero-order valence-electron chi connectivity index (χ0n) is 15.8. The smallest absolute Gasteiger partial charge is 0.258 e. The summed E-state index contributed by atoms with van der Waals surface area (Å²) in [4.78, 5) is 33.1. The topological polar surface area (TPSA) is 68.4 Å². The van der Waals surface area contributed by atoms with Crippen molar-refractivity contribution in [2.24, 2.45) is 5.92 Å². The van der Waals surface area contributed by atoms with Crippen LogP contribution in [0.2, 0.25) is 0 Å². The minimum atomic E-state index is -0.0320. The van der Waals surface area contributed by atoms with Gasteiger partial charge in [-0.2, -0.15) is 0 Å². The van der Waals surface area contributed by atoms with E-state index in [1.165, 1.54) is 4.90 Å². The van der Waals surface area contributed by atoms with Crippen LogP contribution in [0.15, 0.2) is 29.2 Å². The van der Waals surface area contributed by atoms with Gasteiger partial charge in [0.15, 0.2) is 0 Å². The number of likely N-dealkylation sites (tertiary alicyclic amines) is 1. The molecule has 4 rings (SSSR count). The molecule has 0 unspecified atom stereocenters. The predicted molar refractivity (Wildman–Crippen MR) is 101 cm³/mol. The number of hydrogen-bond acceptors (Lipinski definition) is 4. The summed E-state index contributed by atoms with van der Waals surface area (Å²) in [7, 11) is 0. The molecule has 1 N–H and O–H groups in total. The second kappa shape index (κ2) is 7.78. The molecule has 4 heterocycles. The molecule has 144 valence electrons. The lowest BCUT2D eigenvalue weighted by Crippen LogP contribution is -3.12. The first-order valence-electron chi connectivity index (χ1n) is 9.80. The van der Waals surface area contributed by atoms with Crippen molar-refractivity contribution in [1.29, 1.82) is 0 Å². The number of carbonyl (C=O) groups excluding carboxylic acids is 1. The molecular weight excluding hydrogens is 344 g/mol. The van der Waals surface area contributed by atoms with Crippen molar-refractivity contribution in [3.05, 3.63) is 46.0 Å². The van der Waals surface area contributed by atoms with Gasteiger partial charge >= 0.3 is 0 Å². The fourth-order valence-corrected chi connectivity index (χ4v) is 4.15. The van der Waals surface area contributed by atoms with E-state index in [1.807, 2.05) is 24.0 Å². The Morgan fingerprint density at radius 3 is 2.78 bits per heavy atom. The van der Waals surface area contributed by atoms with E-state index in [2.05, 4.69) is 0 Å². The van der Waals surface area contributed by atoms with Crippen molar-refractivity contribution >= 4 is 11.6 Å². The first kappa shape index (κ1) is 18.1. The average Bonchev–Trinajstić information content (AvgIpc) is 2.70. The molecular formula is C20H27N4O3+. The molecule has 7 heteroatoms. The number of carbonyl (C=O) groups is 1. The summed E-state index contributed by atoms with van der Waals surface area (Å²) < 4.78 is 6.94. The van der Waals surface area contributed by atoms with Crippen molar-refractivity contribution in [3.63, 3.8) is 0 Å². The minimum Gasteiger partial charge on any atom is -0.378 e. The number of nitrogens with zero attached hydrogens (tertiary/aromatic N) is 3. The lowest BCUT2D eigenvalue weighted by molar-refractivity contribution is -0.919. The summed E-state index contributed by atoms with van der Waals surface area (Å²) in [6.45, 7) is 7.33. The summed E-state index contributed by atoms with van der Waals surface area (Å²) in [5.41, 5.74) is 2.54. The Morgan fingerprint density at radius 1 is 1.30 bits per heavy atom. The van der Waals surface area contributed by atoms with Gasteiger partial charge in [-0.25, -0.2) is 4.98 Å². The van der Waals surface area contributed by atoms with Crippen molar-refractivity contribution < 1.29 is 14.4 Å². The molecule has 2 aromatic rings. The van der Waals surface area contributed by atoms with Crippen LogP contribution in [0.5, 0.6) is 0 Å². The summed E-state index contributed by atoms with van der Waals surface area (Å²) in [5, 5.41) is 0. The normalized spacial score (nSPS) is 23.5. The minimum absolute atomic E-state index is 0.0320. The molecule has 0 radical (unpaired) electrons. The highest BCUT2D eigenvalue weighted by Crippen LogP contribution is 2.15. The third-order valence-electron chi connectivity index (χ3n) is 5.74. The molecule has 0 bridgehead atoms. The molecule has 0 aliphatic carbocycles. The fourth-order valence-electron chi connectivity index (χ4n) is 4.15. The van der Waals surface area contributed by atoms with Crippen LogP contribution in [0.3, 0.4) is 0 Å². The third kappa shape index (κ3) is 3.89. The van der Waals surface area contributed by atoms with Gasteiger partial charge in [0.25, 0.3) is 5.56 Å². The summed E-state index contributed by atoms with van der Waals surface area (Å²) in [5.74, 6) is 0.416. The molecule has 2 aliphatic rings. The molecule has 0 spiro atoms. The molecule has 0 saturated carbocycles. The van der Waals surface area contributed by atoms with Crippen molar-refractivity contribution in [1.82, 2.24) is 14.3 Å². The maximum Gasteiger partial charge on any atom is 0.258 e. The number of pyridine rings is 1. The zero-order chi connectivity index (χ0) is 18.8. The predicted octanol–water partition coefficient (Wildman–Crippen LogP) is -0.343. The number of fused-ring (bicyclic) bond motifs is 1. The number of ether oxygens (including phenoxy) is 1. The number of aromatic nitrogens is 2. The second-order valence-corrected chi connectivity index (χ2v) is 7.61. The molecule has 2 fully saturated rings. The SMILES string of the molecule is Cc1cccn2c(=O)cc(C[NH+]3CCC(C(=O)N4CCOCC4)CC3)nc12. The van der Waals surface area contributed by atoms with Gasteiger partial charge in [-0.1, -0.05) is 6.07 Å². The van der Waals surface area contributed by atoms with Gasteiger partial charge < -0.3 is 14.5 Å². The quantitative estimate of drug-likeness (QED) is 0.801. The highest BCUT2D eigenvalue weighted by Gasteiger charge is 2.31. The number of nitrogens with one attached hydrogen (secondary N) is 1. The number of rotatable bonds is 3. The number of aryl methyl sites for hydroxylation is 1. The van der Waals surface area contributed by atoms with Gasteiger partial charge in [-0.15, -0.1) is 0 Å². The second-order valence-electron chi connectivity index (χ2n) is 7.61. The van der Waals surface area contributed by atoms with Crippen LogP contribution in [0, 0.1) is 12.8 Å². The first-order valence-corrected chi connectivity index (χ1v) is 9.80.